The van der Waals surface area contributed by atoms with E-state index in [1.807, 2.05) is 0 Å². The summed E-state index contributed by atoms with van der Waals surface area (Å²) in [5.74, 6) is -2.61. The van der Waals surface area contributed by atoms with Crippen molar-refractivity contribution in [3.63, 3.8) is 0 Å². The van der Waals surface area contributed by atoms with Gasteiger partial charge in [0.1, 0.15) is 17.2 Å². The Morgan fingerprint density at radius 2 is 1.59 bits per heavy atom. The van der Waals surface area contributed by atoms with Gasteiger partial charge in [-0.05, 0) is 66.8 Å². The largest absolute Gasteiger partial charge is 0.469 e. The summed E-state index contributed by atoms with van der Waals surface area (Å²) in [5, 5.41) is 0.359. The van der Waals surface area contributed by atoms with E-state index in [1.54, 1.807) is 31.2 Å². The molecule has 2 aliphatic heterocycles. The van der Waals surface area contributed by atoms with Gasteiger partial charge in [-0.3, -0.25) is 14.2 Å². The third-order valence-electron chi connectivity index (χ3n) is 8.46. The zero-order valence-corrected chi connectivity index (χ0v) is 27.0. The van der Waals surface area contributed by atoms with E-state index in [4.69, 9.17) is 27.9 Å². The molecular weight excluding hydrogens is 661 g/mol. The van der Waals surface area contributed by atoms with Gasteiger partial charge in [0, 0.05) is 35.6 Å². The lowest BCUT2D eigenvalue weighted by molar-refractivity contribution is -0.146. The third-order valence-corrected chi connectivity index (χ3v) is 10.8. The van der Waals surface area contributed by atoms with Gasteiger partial charge in [0.05, 0.1) is 24.9 Å². The number of amides is 1. The smallest absolute Gasteiger partial charge is 0.308 e. The summed E-state index contributed by atoms with van der Waals surface area (Å²) in [6.07, 6.45) is 1.85. The number of nitrogens with zero attached hydrogens (tertiary/aromatic N) is 4. The minimum absolute atomic E-state index is 0.0463. The van der Waals surface area contributed by atoms with E-state index in [9.17, 15) is 26.8 Å². The van der Waals surface area contributed by atoms with E-state index in [2.05, 4.69) is 4.98 Å². The molecule has 1 atom stereocenters. The molecule has 1 amide bonds. The molecule has 240 valence electrons. The summed E-state index contributed by atoms with van der Waals surface area (Å²) in [7, 11) is -2.88. The first-order chi connectivity index (χ1) is 21.8. The monoisotopic (exact) mass is 688 g/mol. The van der Waals surface area contributed by atoms with Crippen molar-refractivity contribution in [2.24, 2.45) is 5.92 Å². The van der Waals surface area contributed by atoms with Crippen LogP contribution in [-0.4, -0.2) is 54.3 Å². The van der Waals surface area contributed by atoms with Crippen LogP contribution in [0.1, 0.15) is 25.3 Å². The van der Waals surface area contributed by atoms with Crippen molar-refractivity contribution in [1.29, 1.82) is 0 Å². The number of imidazole rings is 1. The molecule has 9 nitrogen and oxygen atoms in total. The molecule has 6 rings (SSSR count). The molecule has 0 radical (unpaired) electrons. The molecule has 3 aromatic carbocycles. The van der Waals surface area contributed by atoms with Crippen LogP contribution >= 0.6 is 23.2 Å². The van der Waals surface area contributed by atoms with Gasteiger partial charge < -0.3 is 4.74 Å². The van der Waals surface area contributed by atoms with Gasteiger partial charge in [-0.2, -0.15) is 4.31 Å². The lowest BCUT2D eigenvalue weighted by Crippen LogP contribution is -2.44. The lowest BCUT2D eigenvalue weighted by atomic mass is 9.91. The van der Waals surface area contributed by atoms with E-state index < -0.39 is 39.0 Å². The maximum Gasteiger partial charge on any atom is 0.308 e. The molecule has 1 aromatic heterocycles. The van der Waals surface area contributed by atoms with Gasteiger partial charge in [0.2, 0.25) is 5.95 Å². The third kappa shape index (κ3) is 5.68. The van der Waals surface area contributed by atoms with Crippen molar-refractivity contribution in [1.82, 2.24) is 13.9 Å². The molecule has 46 heavy (non-hydrogen) atoms. The minimum Gasteiger partial charge on any atom is -0.469 e. The quantitative estimate of drug-likeness (QED) is 0.210. The minimum atomic E-state index is -4.18. The summed E-state index contributed by atoms with van der Waals surface area (Å²) >= 11 is 12.6. The molecule has 3 heterocycles. The van der Waals surface area contributed by atoms with Gasteiger partial charge in [-0.1, -0.05) is 47.5 Å². The van der Waals surface area contributed by atoms with Crippen LogP contribution in [0.25, 0.3) is 11.1 Å². The number of carbonyl (C=O) groups is 2. The van der Waals surface area contributed by atoms with Crippen LogP contribution in [0.5, 0.6) is 0 Å². The molecule has 14 heteroatoms. The van der Waals surface area contributed by atoms with E-state index in [0.717, 1.165) is 6.07 Å². The summed E-state index contributed by atoms with van der Waals surface area (Å²) in [5.41, 5.74) is 0.383. The number of anilines is 2. The average Bonchev–Trinajstić information content (AvgIpc) is 3.54. The maximum absolute atomic E-state index is 14.4. The van der Waals surface area contributed by atoms with Crippen LogP contribution in [0, 0.1) is 17.6 Å². The van der Waals surface area contributed by atoms with E-state index in [1.165, 1.54) is 57.4 Å². The number of rotatable bonds is 7. The van der Waals surface area contributed by atoms with Crippen molar-refractivity contribution in [3.05, 3.63) is 94.1 Å². The van der Waals surface area contributed by atoms with Crippen LogP contribution in [0.4, 0.5) is 20.4 Å². The highest BCUT2D eigenvalue weighted by molar-refractivity contribution is 7.89. The number of ether oxygens (including phenoxy) is 1. The molecule has 0 bridgehead atoms. The van der Waals surface area contributed by atoms with Crippen LogP contribution in [-0.2, 0) is 36.3 Å². The first-order valence-electron chi connectivity index (χ1n) is 14.3. The van der Waals surface area contributed by atoms with E-state index >= 15 is 0 Å². The van der Waals surface area contributed by atoms with Crippen molar-refractivity contribution < 1.29 is 31.5 Å². The molecule has 2 aliphatic rings. The highest BCUT2D eigenvalue weighted by Gasteiger charge is 2.52. The number of esters is 1. The number of halogens is 4. The number of benzene rings is 3. The SMILES string of the molecule is COC(=O)C1CCN(S(=O)(=O)c2cnc3n2C(C)(Cc2ccc(-c4cc(F)cc(F)c4)cc2)C(=O)N3c2cc(Cl)cc(Cl)c2)CC1. The summed E-state index contributed by atoms with van der Waals surface area (Å²) < 4.78 is 63.5. The Bertz CT molecular complexity index is 1920. The number of methoxy groups -OCH3 is 1. The van der Waals surface area contributed by atoms with Crippen LogP contribution in [0.2, 0.25) is 10.0 Å². The fraction of sp³-hybridized carbons (Fsp3) is 0.281. The fourth-order valence-electron chi connectivity index (χ4n) is 6.18. The number of sulfonamides is 1. The standard InChI is InChI=1S/C32H28Cl2F2N4O5S/c1-32(17-19-3-5-20(6-4-19)22-11-25(35)16-26(36)12-22)30(42)39(27-14-23(33)13-24(34)15-27)31-37-18-28(40(31)32)46(43,44)38-9-7-21(8-10-38)29(41)45-2/h3-6,11-16,18,21H,7-10,17H2,1-2H3. The number of hydrogen-bond donors (Lipinski definition) is 0. The van der Waals surface area contributed by atoms with Crippen molar-refractivity contribution in [3.8, 4) is 11.1 Å². The van der Waals surface area contributed by atoms with Gasteiger partial charge in [0.15, 0.2) is 5.03 Å². The van der Waals surface area contributed by atoms with E-state index in [0.29, 0.717) is 22.4 Å². The predicted octanol–water partition coefficient (Wildman–Crippen LogP) is 6.35. The Kier molecular flexibility index (Phi) is 8.43. The Morgan fingerprint density at radius 1 is 0.978 bits per heavy atom. The number of aromatic nitrogens is 2. The highest BCUT2D eigenvalue weighted by Crippen LogP contribution is 2.45. The Balaban J connectivity index is 1.40. The number of piperidine rings is 1. The number of carbonyl (C=O) groups excluding carboxylic acids is 2. The Labute approximate surface area is 274 Å². The van der Waals surface area contributed by atoms with Crippen LogP contribution < -0.4 is 4.90 Å². The Morgan fingerprint density at radius 3 is 2.17 bits per heavy atom. The van der Waals surface area contributed by atoms with Gasteiger partial charge >= 0.3 is 5.97 Å². The fourth-order valence-corrected chi connectivity index (χ4v) is 8.35. The van der Waals surface area contributed by atoms with Crippen molar-refractivity contribution in [2.75, 3.05) is 25.1 Å². The first kappa shape index (κ1) is 32.1. The molecule has 0 saturated carbocycles. The molecule has 0 N–H and O–H groups in total. The van der Waals surface area contributed by atoms with E-state index in [-0.39, 0.29) is 59.3 Å². The highest BCUT2D eigenvalue weighted by atomic mass is 35.5. The molecule has 1 fully saturated rings. The number of fused-ring (bicyclic) bond motifs is 1. The summed E-state index contributed by atoms with van der Waals surface area (Å²) in [4.78, 5) is 32.1. The van der Waals surface area contributed by atoms with Gasteiger partial charge in [0.25, 0.3) is 15.9 Å². The maximum atomic E-state index is 14.4. The summed E-state index contributed by atoms with van der Waals surface area (Å²) in [6.45, 7) is 1.80. The second kappa shape index (κ2) is 12.1. The van der Waals surface area contributed by atoms with Gasteiger partial charge in [-0.25, -0.2) is 27.1 Å². The molecular formula is C32H28Cl2F2N4O5S. The van der Waals surface area contributed by atoms with Crippen molar-refractivity contribution >= 4 is 56.7 Å². The second-order valence-corrected chi connectivity index (χ2v) is 14.3. The predicted molar refractivity (Wildman–Crippen MR) is 168 cm³/mol. The zero-order chi connectivity index (χ0) is 33.0. The second-order valence-electron chi connectivity index (χ2n) is 11.5. The summed E-state index contributed by atoms with van der Waals surface area (Å²) in [6, 6.07) is 14.6. The van der Waals surface area contributed by atoms with Crippen LogP contribution in [0.15, 0.2) is 71.9 Å². The topological polar surface area (TPSA) is 102 Å². The lowest BCUT2D eigenvalue weighted by Gasteiger charge is -2.31. The zero-order valence-electron chi connectivity index (χ0n) is 24.7. The molecule has 0 aliphatic carbocycles. The van der Waals surface area contributed by atoms with Crippen molar-refractivity contribution in [2.45, 2.75) is 36.8 Å². The van der Waals surface area contributed by atoms with Crippen LogP contribution in [0.3, 0.4) is 0 Å². The Hall–Kier alpha value is -3.84. The first-order valence-corrected chi connectivity index (χ1v) is 16.5. The number of hydrogen-bond acceptors (Lipinski definition) is 6. The molecule has 1 unspecified atom stereocenters. The molecule has 1 saturated heterocycles. The molecule has 0 spiro atoms. The molecule has 4 aromatic rings. The van der Waals surface area contributed by atoms with Gasteiger partial charge in [-0.15, -0.1) is 0 Å². The normalized spacial score (nSPS) is 19.0. The average molecular weight is 690 g/mol.